The quantitative estimate of drug-likeness (QED) is 0.751. The molecule has 1 aromatic heterocycles. The van der Waals surface area contributed by atoms with Crippen molar-refractivity contribution in [2.45, 2.75) is 45.4 Å². The van der Waals surface area contributed by atoms with Crippen LogP contribution in [0, 0.1) is 0 Å². The zero-order valence-electron chi connectivity index (χ0n) is 14.4. The number of hydrogen-bond acceptors (Lipinski definition) is 6. The third-order valence-electron chi connectivity index (χ3n) is 3.95. The molecule has 0 aliphatic carbocycles. The fraction of sp³-hybridized carbons (Fsp3) is 0.500. The summed E-state index contributed by atoms with van der Waals surface area (Å²) < 4.78 is 15.8. The highest BCUT2D eigenvalue weighted by Gasteiger charge is 2.13. The number of aromatic nitrogens is 2. The standard InChI is InChI=1S/C18H23N3O4/c1-2-4-16-20-18(25-21-16)6-3-5-17(22)19-10-9-13-7-8-14-15(11-13)24-12-23-14/h7-8,11H,2-6,9-10,12H2,1H3,(H,19,22). The Bertz CT molecular complexity index is 714. The minimum atomic E-state index is 0.0361. The molecular formula is C18H23N3O4. The van der Waals surface area contributed by atoms with E-state index < -0.39 is 0 Å². The molecule has 0 saturated heterocycles. The minimum absolute atomic E-state index is 0.0361. The number of benzene rings is 1. The molecule has 1 aromatic carbocycles. The molecule has 0 atom stereocenters. The number of carbonyl (C=O) groups excluding carboxylic acids is 1. The summed E-state index contributed by atoms with van der Waals surface area (Å²) >= 11 is 0. The Morgan fingerprint density at radius 2 is 2.08 bits per heavy atom. The van der Waals surface area contributed by atoms with Crippen LogP contribution in [0.25, 0.3) is 0 Å². The molecule has 0 radical (unpaired) electrons. The van der Waals surface area contributed by atoms with E-state index >= 15 is 0 Å². The molecule has 2 aromatic rings. The largest absolute Gasteiger partial charge is 0.454 e. The summed E-state index contributed by atoms with van der Waals surface area (Å²) in [7, 11) is 0. The van der Waals surface area contributed by atoms with Crippen molar-refractivity contribution in [1.82, 2.24) is 15.5 Å². The number of fused-ring (bicyclic) bond motifs is 1. The molecule has 3 rings (SSSR count). The number of aryl methyl sites for hydroxylation is 2. The number of nitrogens with one attached hydrogen (secondary N) is 1. The molecule has 2 heterocycles. The van der Waals surface area contributed by atoms with Gasteiger partial charge in [-0.05, 0) is 37.0 Å². The summed E-state index contributed by atoms with van der Waals surface area (Å²) in [5.41, 5.74) is 1.11. The molecule has 0 fully saturated rings. The van der Waals surface area contributed by atoms with E-state index in [1.54, 1.807) is 0 Å². The fourth-order valence-electron chi connectivity index (χ4n) is 2.65. The van der Waals surface area contributed by atoms with Gasteiger partial charge in [0.2, 0.25) is 18.6 Å². The van der Waals surface area contributed by atoms with Gasteiger partial charge in [0.15, 0.2) is 17.3 Å². The van der Waals surface area contributed by atoms with E-state index in [1.807, 2.05) is 18.2 Å². The molecule has 134 valence electrons. The van der Waals surface area contributed by atoms with Crippen LogP contribution in [0.15, 0.2) is 22.7 Å². The lowest BCUT2D eigenvalue weighted by atomic mass is 10.1. The Labute approximate surface area is 146 Å². The molecule has 0 bridgehead atoms. The van der Waals surface area contributed by atoms with Gasteiger partial charge < -0.3 is 19.3 Å². The van der Waals surface area contributed by atoms with Crippen LogP contribution in [-0.4, -0.2) is 29.4 Å². The van der Waals surface area contributed by atoms with Crippen LogP contribution in [0.5, 0.6) is 11.5 Å². The summed E-state index contributed by atoms with van der Waals surface area (Å²) in [6.07, 6.45) is 4.35. The van der Waals surface area contributed by atoms with E-state index in [-0.39, 0.29) is 12.7 Å². The molecule has 1 aliphatic rings. The van der Waals surface area contributed by atoms with Gasteiger partial charge in [-0.2, -0.15) is 4.98 Å². The van der Waals surface area contributed by atoms with Gasteiger partial charge in [0.25, 0.3) is 0 Å². The number of amides is 1. The second-order valence-corrected chi connectivity index (χ2v) is 6.00. The van der Waals surface area contributed by atoms with Crippen LogP contribution in [0.1, 0.15) is 43.5 Å². The lowest BCUT2D eigenvalue weighted by Crippen LogP contribution is -2.25. The van der Waals surface area contributed by atoms with Gasteiger partial charge in [-0.15, -0.1) is 0 Å². The van der Waals surface area contributed by atoms with Crippen LogP contribution in [0.2, 0.25) is 0 Å². The van der Waals surface area contributed by atoms with E-state index in [9.17, 15) is 4.79 Å². The van der Waals surface area contributed by atoms with Crippen LogP contribution in [0.4, 0.5) is 0 Å². The summed E-state index contributed by atoms with van der Waals surface area (Å²) in [5, 5.41) is 6.84. The fourth-order valence-corrected chi connectivity index (χ4v) is 2.65. The first-order valence-electron chi connectivity index (χ1n) is 8.71. The maximum Gasteiger partial charge on any atom is 0.231 e. The van der Waals surface area contributed by atoms with Crippen molar-refractivity contribution in [3.05, 3.63) is 35.5 Å². The van der Waals surface area contributed by atoms with Crippen LogP contribution in [0.3, 0.4) is 0 Å². The second kappa shape index (κ2) is 8.50. The highest BCUT2D eigenvalue weighted by Crippen LogP contribution is 2.32. The van der Waals surface area contributed by atoms with Gasteiger partial charge in [-0.3, -0.25) is 4.79 Å². The van der Waals surface area contributed by atoms with Gasteiger partial charge in [0.05, 0.1) is 0 Å². The lowest BCUT2D eigenvalue weighted by molar-refractivity contribution is -0.121. The van der Waals surface area contributed by atoms with Crippen molar-refractivity contribution in [3.63, 3.8) is 0 Å². The molecule has 1 aliphatic heterocycles. The highest BCUT2D eigenvalue weighted by atomic mass is 16.7. The normalized spacial score (nSPS) is 12.4. The summed E-state index contributed by atoms with van der Waals surface area (Å²) in [4.78, 5) is 16.2. The first-order valence-corrected chi connectivity index (χ1v) is 8.71. The van der Waals surface area contributed by atoms with Gasteiger partial charge in [-0.25, -0.2) is 0 Å². The van der Waals surface area contributed by atoms with Crippen molar-refractivity contribution in [2.75, 3.05) is 13.3 Å². The van der Waals surface area contributed by atoms with Crippen LogP contribution in [-0.2, 0) is 24.1 Å². The van der Waals surface area contributed by atoms with Crippen molar-refractivity contribution < 1.29 is 18.8 Å². The Hall–Kier alpha value is -2.57. The van der Waals surface area contributed by atoms with Gasteiger partial charge in [0, 0.05) is 25.8 Å². The molecule has 0 saturated carbocycles. The molecule has 7 heteroatoms. The van der Waals surface area contributed by atoms with E-state index in [2.05, 4.69) is 22.4 Å². The van der Waals surface area contributed by atoms with Crippen molar-refractivity contribution in [2.24, 2.45) is 0 Å². The maximum absolute atomic E-state index is 11.9. The second-order valence-electron chi connectivity index (χ2n) is 6.00. The molecule has 0 unspecified atom stereocenters. The number of carbonyl (C=O) groups is 1. The predicted octanol–water partition coefficient (Wildman–Crippen LogP) is 2.43. The molecule has 1 amide bonds. The number of ether oxygens (including phenoxy) is 2. The van der Waals surface area contributed by atoms with Crippen LogP contribution < -0.4 is 14.8 Å². The number of rotatable bonds is 9. The third-order valence-corrected chi connectivity index (χ3v) is 3.95. The molecule has 25 heavy (non-hydrogen) atoms. The van der Waals surface area contributed by atoms with Crippen molar-refractivity contribution in [1.29, 1.82) is 0 Å². The molecule has 7 nitrogen and oxygen atoms in total. The predicted molar refractivity (Wildman–Crippen MR) is 90.5 cm³/mol. The molecule has 0 spiro atoms. The van der Waals surface area contributed by atoms with Crippen molar-refractivity contribution >= 4 is 5.91 Å². The SMILES string of the molecule is CCCc1noc(CCCC(=O)NCCc2ccc3c(c2)OCO3)n1. The average molecular weight is 345 g/mol. The molecular weight excluding hydrogens is 322 g/mol. The third kappa shape index (κ3) is 4.95. The Morgan fingerprint density at radius 1 is 1.20 bits per heavy atom. The minimum Gasteiger partial charge on any atom is -0.454 e. The van der Waals surface area contributed by atoms with E-state index in [0.29, 0.717) is 31.7 Å². The summed E-state index contributed by atoms with van der Waals surface area (Å²) in [6.45, 7) is 2.94. The Morgan fingerprint density at radius 3 is 2.96 bits per heavy atom. The first kappa shape index (κ1) is 17.3. The van der Waals surface area contributed by atoms with E-state index in [0.717, 1.165) is 42.1 Å². The van der Waals surface area contributed by atoms with Gasteiger partial charge in [-0.1, -0.05) is 18.1 Å². The topological polar surface area (TPSA) is 86.5 Å². The van der Waals surface area contributed by atoms with Gasteiger partial charge >= 0.3 is 0 Å². The monoisotopic (exact) mass is 345 g/mol. The van der Waals surface area contributed by atoms with Gasteiger partial charge in [0.1, 0.15) is 0 Å². The highest BCUT2D eigenvalue weighted by molar-refractivity contribution is 5.75. The lowest BCUT2D eigenvalue weighted by Gasteiger charge is -2.06. The molecule has 1 N–H and O–H groups in total. The summed E-state index contributed by atoms with van der Waals surface area (Å²) in [5.74, 6) is 2.93. The summed E-state index contributed by atoms with van der Waals surface area (Å²) in [6, 6.07) is 5.85. The maximum atomic E-state index is 11.9. The number of nitrogens with zero attached hydrogens (tertiary/aromatic N) is 2. The zero-order valence-corrected chi connectivity index (χ0v) is 14.4. The number of hydrogen-bond donors (Lipinski definition) is 1. The Kier molecular flexibility index (Phi) is 5.87. The smallest absolute Gasteiger partial charge is 0.231 e. The van der Waals surface area contributed by atoms with Crippen LogP contribution >= 0.6 is 0 Å². The Balaban J connectivity index is 1.32. The first-order chi connectivity index (χ1) is 12.2. The van der Waals surface area contributed by atoms with Crippen molar-refractivity contribution in [3.8, 4) is 11.5 Å². The zero-order chi connectivity index (χ0) is 17.5. The van der Waals surface area contributed by atoms with E-state index in [4.69, 9.17) is 14.0 Å². The average Bonchev–Trinajstić information content (AvgIpc) is 3.24. The van der Waals surface area contributed by atoms with E-state index in [1.165, 1.54) is 0 Å².